The summed E-state index contributed by atoms with van der Waals surface area (Å²) in [5.41, 5.74) is 1.99. The molecule has 0 bridgehead atoms. The zero-order valence-electron chi connectivity index (χ0n) is 11.0. The first-order chi connectivity index (χ1) is 9.31. The van der Waals surface area contributed by atoms with Crippen molar-refractivity contribution in [3.8, 4) is 0 Å². The number of hydrogen-bond acceptors (Lipinski definition) is 2. The number of ether oxygens (including phenoxy) is 1. The van der Waals surface area contributed by atoms with E-state index in [1.165, 1.54) is 0 Å². The zero-order chi connectivity index (χ0) is 13.5. The normalized spacial score (nSPS) is 12.6. The number of hydrogen-bond donors (Lipinski definition) is 0. The van der Waals surface area contributed by atoms with E-state index in [1.54, 1.807) is 7.11 Å². The lowest BCUT2D eigenvalue weighted by Crippen LogP contribution is -2.27. The molecule has 19 heavy (non-hydrogen) atoms. The highest BCUT2D eigenvalue weighted by atomic mass is 16.5. The molecule has 0 aliphatic rings. The van der Waals surface area contributed by atoms with Gasteiger partial charge in [0.15, 0.2) is 0 Å². The molecule has 99 valence electrons. The van der Waals surface area contributed by atoms with E-state index in [1.807, 2.05) is 60.7 Å². The van der Waals surface area contributed by atoms with Gasteiger partial charge in [-0.2, -0.15) is 0 Å². The monoisotopic (exact) mass is 256 g/mol. The number of methoxy groups -OCH3 is 1. The molecule has 3 heteroatoms. The van der Waals surface area contributed by atoms with Crippen molar-refractivity contribution < 1.29 is 9.94 Å². The quantitative estimate of drug-likeness (QED) is 0.743. The SMILES string of the molecule is COC[C@H](c1ccccc1)N([O])Cc1ccccc1. The lowest BCUT2D eigenvalue weighted by molar-refractivity contribution is -0.206. The molecule has 0 spiro atoms. The summed E-state index contributed by atoms with van der Waals surface area (Å²) in [7, 11) is 1.62. The summed E-state index contributed by atoms with van der Waals surface area (Å²) in [6.45, 7) is 0.754. The number of nitrogens with zero attached hydrogens (tertiary/aromatic N) is 1. The fourth-order valence-corrected chi connectivity index (χ4v) is 2.05. The lowest BCUT2D eigenvalue weighted by Gasteiger charge is -2.23. The second-order valence-corrected chi connectivity index (χ2v) is 4.44. The Hall–Kier alpha value is -1.68. The predicted octanol–water partition coefficient (Wildman–Crippen LogP) is 3.22. The van der Waals surface area contributed by atoms with Crippen molar-refractivity contribution in [2.75, 3.05) is 13.7 Å². The summed E-state index contributed by atoms with van der Waals surface area (Å²) in [6.07, 6.45) is 0. The highest BCUT2D eigenvalue weighted by Gasteiger charge is 2.20. The van der Waals surface area contributed by atoms with E-state index in [-0.39, 0.29) is 6.04 Å². The Balaban J connectivity index is 2.11. The Morgan fingerprint density at radius 1 is 1.00 bits per heavy atom. The minimum Gasteiger partial charge on any atom is -0.383 e. The average molecular weight is 256 g/mol. The van der Waals surface area contributed by atoms with Crippen LogP contribution in [0.15, 0.2) is 60.7 Å². The van der Waals surface area contributed by atoms with Gasteiger partial charge in [0.1, 0.15) is 0 Å². The van der Waals surface area contributed by atoms with Crippen molar-refractivity contribution in [2.45, 2.75) is 12.6 Å². The summed E-state index contributed by atoms with van der Waals surface area (Å²) in [4.78, 5) is 0. The maximum Gasteiger partial charge on any atom is 0.0870 e. The second kappa shape index (κ2) is 7.04. The van der Waals surface area contributed by atoms with Gasteiger partial charge in [-0.3, -0.25) is 0 Å². The first-order valence-electron chi connectivity index (χ1n) is 6.33. The third kappa shape index (κ3) is 3.89. The number of benzene rings is 2. The van der Waals surface area contributed by atoms with E-state index in [2.05, 4.69) is 0 Å². The van der Waals surface area contributed by atoms with E-state index in [0.717, 1.165) is 16.2 Å². The molecular weight excluding hydrogens is 238 g/mol. The standard InChI is InChI=1S/C16H18NO2/c1-19-13-16(15-10-6-3-7-11-15)17(18)12-14-8-4-2-5-9-14/h2-11,16H,12-13H2,1H3/t16-/m1/s1. The fraction of sp³-hybridized carbons (Fsp3) is 0.250. The largest absolute Gasteiger partial charge is 0.383 e. The molecule has 0 N–H and O–H groups in total. The van der Waals surface area contributed by atoms with Gasteiger partial charge in [-0.1, -0.05) is 60.7 Å². The van der Waals surface area contributed by atoms with Gasteiger partial charge in [-0.05, 0) is 11.1 Å². The van der Waals surface area contributed by atoms with E-state index in [4.69, 9.17) is 4.74 Å². The zero-order valence-corrected chi connectivity index (χ0v) is 11.0. The lowest BCUT2D eigenvalue weighted by atomic mass is 10.1. The molecule has 2 rings (SSSR count). The topological polar surface area (TPSA) is 32.4 Å². The van der Waals surface area contributed by atoms with Crippen molar-refractivity contribution in [3.05, 3.63) is 71.8 Å². The van der Waals surface area contributed by atoms with Crippen LogP contribution in [-0.2, 0) is 16.5 Å². The van der Waals surface area contributed by atoms with E-state index in [0.29, 0.717) is 13.2 Å². The van der Waals surface area contributed by atoms with Crippen LogP contribution in [0.2, 0.25) is 0 Å². The minimum absolute atomic E-state index is 0.272. The molecule has 2 aromatic rings. The second-order valence-electron chi connectivity index (χ2n) is 4.44. The predicted molar refractivity (Wildman–Crippen MR) is 73.7 cm³/mol. The number of rotatable bonds is 6. The molecule has 0 aliphatic carbocycles. The van der Waals surface area contributed by atoms with Crippen LogP contribution < -0.4 is 0 Å². The third-order valence-electron chi connectivity index (χ3n) is 3.04. The molecule has 0 heterocycles. The Morgan fingerprint density at radius 3 is 2.16 bits per heavy atom. The summed E-state index contributed by atoms with van der Waals surface area (Å²) in [6, 6.07) is 19.2. The van der Waals surface area contributed by atoms with Crippen LogP contribution in [0, 0.1) is 0 Å². The van der Waals surface area contributed by atoms with Gasteiger partial charge in [0.2, 0.25) is 0 Å². The summed E-state index contributed by atoms with van der Waals surface area (Å²) >= 11 is 0. The molecular formula is C16H18NO2. The van der Waals surface area contributed by atoms with Gasteiger partial charge < -0.3 is 4.74 Å². The van der Waals surface area contributed by atoms with Gasteiger partial charge in [0, 0.05) is 7.11 Å². The summed E-state index contributed by atoms with van der Waals surface area (Å²) in [5, 5.41) is 13.4. The molecule has 1 radical (unpaired) electrons. The Morgan fingerprint density at radius 2 is 1.58 bits per heavy atom. The summed E-state index contributed by atoms with van der Waals surface area (Å²) < 4.78 is 5.18. The van der Waals surface area contributed by atoms with Crippen LogP contribution in [0.25, 0.3) is 0 Å². The van der Waals surface area contributed by atoms with Crippen LogP contribution in [0.3, 0.4) is 0 Å². The van der Waals surface area contributed by atoms with E-state index in [9.17, 15) is 5.21 Å². The minimum atomic E-state index is -0.272. The smallest absolute Gasteiger partial charge is 0.0870 e. The molecule has 3 nitrogen and oxygen atoms in total. The molecule has 0 amide bonds. The third-order valence-corrected chi connectivity index (χ3v) is 3.04. The maximum atomic E-state index is 12.3. The fourth-order valence-electron chi connectivity index (χ4n) is 2.05. The van der Waals surface area contributed by atoms with Crippen LogP contribution >= 0.6 is 0 Å². The number of hydroxylamine groups is 2. The average Bonchev–Trinajstić information content (AvgIpc) is 2.46. The van der Waals surface area contributed by atoms with Crippen LogP contribution in [0.1, 0.15) is 17.2 Å². The highest BCUT2D eigenvalue weighted by molar-refractivity contribution is 5.20. The highest BCUT2D eigenvalue weighted by Crippen LogP contribution is 2.21. The Kier molecular flexibility index (Phi) is 5.10. The molecule has 0 unspecified atom stereocenters. The molecule has 2 aromatic carbocycles. The van der Waals surface area contributed by atoms with E-state index < -0.39 is 0 Å². The van der Waals surface area contributed by atoms with Crippen molar-refractivity contribution >= 4 is 0 Å². The van der Waals surface area contributed by atoms with Crippen molar-refractivity contribution in [3.63, 3.8) is 0 Å². The van der Waals surface area contributed by atoms with Crippen molar-refractivity contribution in [2.24, 2.45) is 0 Å². The first-order valence-corrected chi connectivity index (χ1v) is 6.33. The first kappa shape index (κ1) is 13.7. The molecule has 0 aliphatic heterocycles. The van der Waals surface area contributed by atoms with Crippen molar-refractivity contribution in [1.29, 1.82) is 0 Å². The van der Waals surface area contributed by atoms with Gasteiger partial charge >= 0.3 is 0 Å². The molecule has 1 atom stereocenters. The van der Waals surface area contributed by atoms with E-state index >= 15 is 0 Å². The Bertz CT molecular complexity index is 473. The molecule has 0 aromatic heterocycles. The van der Waals surface area contributed by atoms with Gasteiger partial charge in [-0.15, -0.1) is 10.3 Å². The molecule has 0 saturated carbocycles. The van der Waals surface area contributed by atoms with Crippen LogP contribution in [0.5, 0.6) is 0 Å². The van der Waals surface area contributed by atoms with Crippen LogP contribution in [-0.4, -0.2) is 18.8 Å². The van der Waals surface area contributed by atoms with Gasteiger partial charge in [0.25, 0.3) is 0 Å². The molecule has 0 saturated heterocycles. The Labute approximate surface area is 114 Å². The van der Waals surface area contributed by atoms with Gasteiger partial charge in [-0.25, -0.2) is 0 Å². The maximum absolute atomic E-state index is 12.3. The van der Waals surface area contributed by atoms with Gasteiger partial charge in [0.05, 0.1) is 19.2 Å². The van der Waals surface area contributed by atoms with Crippen molar-refractivity contribution in [1.82, 2.24) is 5.06 Å². The van der Waals surface area contributed by atoms with Crippen LogP contribution in [0.4, 0.5) is 0 Å². The molecule has 0 fully saturated rings. The summed E-state index contributed by atoms with van der Waals surface area (Å²) in [5.74, 6) is 0.